The Bertz CT molecular complexity index is 888. The van der Waals surface area contributed by atoms with Gasteiger partial charge in [0.15, 0.2) is 5.65 Å². The highest BCUT2D eigenvalue weighted by Crippen LogP contribution is 2.21. The number of nitrogens with one attached hydrogen (secondary N) is 2. The number of fused-ring (bicyclic) bond motifs is 3. The van der Waals surface area contributed by atoms with E-state index >= 15 is 0 Å². The van der Waals surface area contributed by atoms with Crippen molar-refractivity contribution in [2.45, 2.75) is 6.92 Å². The maximum absolute atomic E-state index is 11.7. The van der Waals surface area contributed by atoms with Crippen molar-refractivity contribution in [3.05, 3.63) is 54.0 Å². The fraction of sp³-hybridized carbons (Fsp3) is 0.133. The van der Waals surface area contributed by atoms with Crippen LogP contribution in [-0.2, 0) is 4.74 Å². The van der Waals surface area contributed by atoms with E-state index in [2.05, 4.69) is 20.3 Å². The molecule has 0 aliphatic heterocycles. The molecule has 0 unspecified atom stereocenters. The van der Waals surface area contributed by atoms with Gasteiger partial charge in [-0.15, -0.1) is 0 Å². The third-order valence-electron chi connectivity index (χ3n) is 3.23. The number of imidazole rings is 1. The average Bonchev–Trinajstić information content (AvgIpc) is 3.24. The maximum atomic E-state index is 11.7. The first-order valence-corrected chi connectivity index (χ1v) is 6.70. The number of H-pyrrole nitrogens is 2. The predicted octanol–water partition coefficient (Wildman–Crippen LogP) is 2.32. The first-order valence-electron chi connectivity index (χ1n) is 6.70. The van der Waals surface area contributed by atoms with Crippen molar-refractivity contribution in [2.24, 2.45) is 0 Å². The molecular formula is C15H15N5O2. The number of para-hydroxylation sites is 2. The summed E-state index contributed by atoms with van der Waals surface area (Å²) in [6, 6.07) is 9.54. The lowest BCUT2D eigenvalue weighted by atomic mass is 10.2. The van der Waals surface area contributed by atoms with Crippen molar-refractivity contribution >= 4 is 22.6 Å². The average molecular weight is 297 g/mol. The number of benzene rings is 1. The Morgan fingerprint density at radius 3 is 2.73 bits per heavy atom. The largest absolute Gasteiger partial charge is 0.465 e. The van der Waals surface area contributed by atoms with E-state index in [9.17, 15) is 4.79 Å². The van der Waals surface area contributed by atoms with Gasteiger partial charge in [-0.05, 0) is 25.1 Å². The van der Waals surface area contributed by atoms with Gasteiger partial charge in [0.1, 0.15) is 5.56 Å². The van der Waals surface area contributed by atoms with E-state index in [-0.39, 0.29) is 5.97 Å². The van der Waals surface area contributed by atoms with Crippen LogP contribution in [0.4, 0.5) is 0 Å². The molecule has 4 aromatic rings. The van der Waals surface area contributed by atoms with Crippen LogP contribution in [-0.4, -0.2) is 37.9 Å². The second kappa shape index (κ2) is 5.72. The van der Waals surface area contributed by atoms with Crippen LogP contribution < -0.4 is 0 Å². The Morgan fingerprint density at radius 2 is 2.09 bits per heavy atom. The van der Waals surface area contributed by atoms with Crippen molar-refractivity contribution in [3.8, 4) is 0 Å². The number of rotatable bonds is 1. The van der Waals surface area contributed by atoms with E-state index in [1.807, 2.05) is 37.3 Å². The highest BCUT2D eigenvalue weighted by molar-refractivity contribution is 5.99. The summed E-state index contributed by atoms with van der Waals surface area (Å²) in [6.45, 7) is 1.83. The standard InChI is InChI=1S/C12H11N3O2.C3H4N2/c1-7-10(12(16)17-2)11-13-8-5-3-4-6-9(8)15(11)14-7;1-2-4-5-3-1/h3-6,14H,1-2H3;1-3H,(H,4,5). The van der Waals surface area contributed by atoms with Gasteiger partial charge in [0, 0.05) is 18.1 Å². The second-order valence-electron chi connectivity index (χ2n) is 4.63. The first kappa shape index (κ1) is 13.9. The van der Waals surface area contributed by atoms with Crippen LogP contribution in [0.1, 0.15) is 16.1 Å². The van der Waals surface area contributed by atoms with E-state index in [4.69, 9.17) is 4.74 Å². The highest BCUT2D eigenvalue weighted by Gasteiger charge is 2.20. The van der Waals surface area contributed by atoms with E-state index in [0.717, 1.165) is 16.7 Å². The van der Waals surface area contributed by atoms with Crippen LogP contribution in [0.2, 0.25) is 0 Å². The molecule has 0 radical (unpaired) electrons. The Morgan fingerprint density at radius 1 is 1.27 bits per heavy atom. The third-order valence-corrected chi connectivity index (χ3v) is 3.23. The molecule has 0 amide bonds. The number of aromatic amines is 2. The molecule has 3 heterocycles. The molecule has 2 N–H and O–H groups in total. The van der Waals surface area contributed by atoms with E-state index < -0.39 is 0 Å². The SMILES string of the molecule is COC(=O)c1c(C)[nH]n2c1nc1ccccc12.c1cn[nH]c1. The Balaban J connectivity index is 0.000000246. The van der Waals surface area contributed by atoms with Crippen LogP contribution in [0, 0.1) is 6.92 Å². The van der Waals surface area contributed by atoms with Gasteiger partial charge in [-0.3, -0.25) is 10.2 Å². The highest BCUT2D eigenvalue weighted by atomic mass is 16.5. The van der Waals surface area contributed by atoms with Crippen LogP contribution in [0.25, 0.3) is 16.7 Å². The number of carbonyl (C=O) groups is 1. The van der Waals surface area contributed by atoms with Crippen LogP contribution >= 0.6 is 0 Å². The maximum Gasteiger partial charge on any atom is 0.343 e. The van der Waals surface area contributed by atoms with Gasteiger partial charge < -0.3 is 4.74 Å². The Hall–Kier alpha value is -3.09. The van der Waals surface area contributed by atoms with Gasteiger partial charge >= 0.3 is 5.97 Å². The van der Waals surface area contributed by atoms with E-state index in [1.165, 1.54) is 7.11 Å². The summed E-state index contributed by atoms with van der Waals surface area (Å²) in [5.41, 5.74) is 3.65. The number of hydrogen-bond acceptors (Lipinski definition) is 4. The molecule has 0 atom stereocenters. The number of carbonyl (C=O) groups excluding carboxylic acids is 1. The van der Waals surface area contributed by atoms with Crippen LogP contribution in [0.5, 0.6) is 0 Å². The molecule has 7 nitrogen and oxygen atoms in total. The number of nitrogens with zero attached hydrogens (tertiary/aromatic N) is 3. The fourth-order valence-electron chi connectivity index (χ4n) is 2.26. The van der Waals surface area contributed by atoms with Crippen molar-refractivity contribution < 1.29 is 9.53 Å². The smallest absolute Gasteiger partial charge is 0.343 e. The third kappa shape index (κ3) is 2.32. The Kier molecular flexibility index (Phi) is 3.61. The number of ether oxygens (including phenoxy) is 1. The van der Waals surface area contributed by atoms with Crippen molar-refractivity contribution in [1.29, 1.82) is 0 Å². The minimum atomic E-state index is -0.371. The first-order chi connectivity index (χ1) is 10.7. The Labute approximate surface area is 125 Å². The second-order valence-corrected chi connectivity index (χ2v) is 4.63. The molecule has 1 aromatic carbocycles. The monoisotopic (exact) mass is 297 g/mol. The minimum Gasteiger partial charge on any atom is -0.465 e. The fourth-order valence-corrected chi connectivity index (χ4v) is 2.26. The number of methoxy groups -OCH3 is 1. The number of esters is 1. The molecule has 0 bridgehead atoms. The topological polar surface area (TPSA) is 88.1 Å². The summed E-state index contributed by atoms with van der Waals surface area (Å²) in [7, 11) is 1.37. The zero-order valence-electron chi connectivity index (χ0n) is 12.2. The lowest BCUT2D eigenvalue weighted by Gasteiger charge is -1.95. The number of aryl methyl sites for hydroxylation is 1. The van der Waals surface area contributed by atoms with Gasteiger partial charge in [0.2, 0.25) is 0 Å². The zero-order chi connectivity index (χ0) is 15.5. The summed E-state index contributed by atoms with van der Waals surface area (Å²) in [6.07, 6.45) is 3.46. The quantitative estimate of drug-likeness (QED) is 0.528. The number of hydrogen-bond donors (Lipinski definition) is 2. The normalized spacial score (nSPS) is 10.5. The van der Waals surface area contributed by atoms with Crippen molar-refractivity contribution in [3.63, 3.8) is 0 Å². The summed E-state index contributed by atoms with van der Waals surface area (Å²) in [5.74, 6) is -0.371. The molecule has 0 saturated heterocycles. The van der Waals surface area contributed by atoms with Gasteiger partial charge in [0.05, 0.1) is 18.1 Å². The summed E-state index contributed by atoms with van der Waals surface area (Å²) < 4.78 is 6.57. The zero-order valence-corrected chi connectivity index (χ0v) is 12.2. The summed E-state index contributed by atoms with van der Waals surface area (Å²) in [5, 5.41) is 9.33. The molecular weight excluding hydrogens is 282 g/mol. The molecule has 0 saturated carbocycles. The summed E-state index contributed by atoms with van der Waals surface area (Å²) >= 11 is 0. The molecule has 22 heavy (non-hydrogen) atoms. The molecule has 0 spiro atoms. The van der Waals surface area contributed by atoms with Gasteiger partial charge in [-0.25, -0.2) is 14.3 Å². The van der Waals surface area contributed by atoms with Gasteiger partial charge in [0.25, 0.3) is 0 Å². The molecule has 3 aromatic heterocycles. The molecule has 0 fully saturated rings. The molecule has 0 aliphatic carbocycles. The lowest BCUT2D eigenvalue weighted by Crippen LogP contribution is -2.02. The summed E-state index contributed by atoms with van der Waals surface area (Å²) in [4.78, 5) is 16.1. The van der Waals surface area contributed by atoms with Crippen LogP contribution in [0.3, 0.4) is 0 Å². The van der Waals surface area contributed by atoms with Crippen molar-refractivity contribution in [1.82, 2.24) is 24.8 Å². The van der Waals surface area contributed by atoms with E-state index in [1.54, 1.807) is 16.9 Å². The van der Waals surface area contributed by atoms with E-state index in [0.29, 0.717) is 11.2 Å². The lowest BCUT2D eigenvalue weighted by molar-refractivity contribution is 0.0602. The van der Waals surface area contributed by atoms with Crippen molar-refractivity contribution in [2.75, 3.05) is 7.11 Å². The molecule has 112 valence electrons. The minimum absolute atomic E-state index is 0.371. The van der Waals surface area contributed by atoms with Gasteiger partial charge in [-0.1, -0.05) is 12.1 Å². The predicted molar refractivity (Wildman–Crippen MR) is 81.7 cm³/mol. The number of aromatic nitrogens is 5. The van der Waals surface area contributed by atoms with Gasteiger partial charge in [-0.2, -0.15) is 5.10 Å². The molecule has 4 rings (SSSR count). The van der Waals surface area contributed by atoms with Crippen LogP contribution in [0.15, 0.2) is 42.7 Å². The molecule has 7 heteroatoms. The molecule has 0 aliphatic rings.